The number of amides is 1. The van der Waals surface area contributed by atoms with Crippen LogP contribution in [0.1, 0.15) is 31.2 Å². The molecule has 6 nitrogen and oxygen atoms in total. The molecule has 130 valence electrons. The van der Waals surface area contributed by atoms with Crippen LogP contribution < -0.4 is 0 Å². The number of aliphatic carboxylic acids is 1. The van der Waals surface area contributed by atoms with Gasteiger partial charge in [0, 0.05) is 12.6 Å². The van der Waals surface area contributed by atoms with Gasteiger partial charge in [0.2, 0.25) is 0 Å². The molecule has 2 heterocycles. The van der Waals surface area contributed by atoms with E-state index in [4.69, 9.17) is 4.74 Å². The monoisotopic (exact) mass is 332 g/mol. The molecule has 1 aromatic rings. The highest BCUT2D eigenvalue weighted by atomic mass is 16.6. The first-order chi connectivity index (χ1) is 11.7. The van der Waals surface area contributed by atoms with Gasteiger partial charge in [-0.15, -0.1) is 0 Å². The number of ether oxygens (including phenoxy) is 1. The molecule has 0 aromatic heterocycles. The van der Waals surface area contributed by atoms with E-state index in [1.807, 2.05) is 30.3 Å². The summed E-state index contributed by atoms with van der Waals surface area (Å²) in [6, 6.07) is 8.50. The molecule has 1 amide bonds. The van der Waals surface area contributed by atoms with Crippen LogP contribution in [0.3, 0.4) is 0 Å². The van der Waals surface area contributed by atoms with Crippen molar-refractivity contribution in [3.8, 4) is 0 Å². The molecule has 24 heavy (non-hydrogen) atoms. The average molecular weight is 332 g/mol. The molecule has 0 bridgehead atoms. The third-order valence-electron chi connectivity index (χ3n) is 4.92. The Balaban J connectivity index is 1.63. The van der Waals surface area contributed by atoms with Crippen molar-refractivity contribution in [3.63, 3.8) is 0 Å². The van der Waals surface area contributed by atoms with Gasteiger partial charge in [0.1, 0.15) is 12.6 Å². The van der Waals surface area contributed by atoms with Gasteiger partial charge in [-0.2, -0.15) is 0 Å². The van der Waals surface area contributed by atoms with Crippen molar-refractivity contribution < 1.29 is 19.4 Å². The first-order valence-corrected chi connectivity index (χ1v) is 8.61. The zero-order chi connectivity index (χ0) is 16.9. The fourth-order valence-electron chi connectivity index (χ4n) is 3.71. The molecule has 2 fully saturated rings. The number of nitrogens with zero attached hydrogens (tertiary/aromatic N) is 2. The summed E-state index contributed by atoms with van der Waals surface area (Å²) in [5.41, 5.74) is 0.893. The van der Waals surface area contributed by atoms with E-state index >= 15 is 0 Å². The van der Waals surface area contributed by atoms with Gasteiger partial charge >= 0.3 is 12.1 Å². The number of hydrogen-bond acceptors (Lipinski definition) is 4. The predicted molar refractivity (Wildman–Crippen MR) is 88.6 cm³/mol. The summed E-state index contributed by atoms with van der Waals surface area (Å²) in [5, 5.41) is 9.64. The van der Waals surface area contributed by atoms with Gasteiger partial charge in [-0.05, 0) is 37.9 Å². The molecular formula is C18H24N2O4. The number of piperidine rings is 1. The van der Waals surface area contributed by atoms with E-state index in [0.717, 1.165) is 31.5 Å². The number of hydrogen-bond donors (Lipinski definition) is 1. The van der Waals surface area contributed by atoms with Crippen LogP contribution in [-0.2, 0) is 16.1 Å². The number of carboxylic acids is 1. The van der Waals surface area contributed by atoms with Crippen LogP contribution in [0, 0.1) is 0 Å². The predicted octanol–water partition coefficient (Wildman–Crippen LogP) is 2.34. The Kier molecular flexibility index (Phi) is 5.35. The second-order valence-corrected chi connectivity index (χ2v) is 6.47. The maximum absolute atomic E-state index is 12.4. The van der Waals surface area contributed by atoms with Gasteiger partial charge in [0.15, 0.2) is 0 Å². The van der Waals surface area contributed by atoms with Crippen molar-refractivity contribution in [2.45, 2.75) is 44.4 Å². The van der Waals surface area contributed by atoms with E-state index in [2.05, 4.69) is 4.90 Å². The van der Waals surface area contributed by atoms with Crippen molar-refractivity contribution in [2.24, 2.45) is 0 Å². The van der Waals surface area contributed by atoms with Gasteiger partial charge in [-0.3, -0.25) is 9.80 Å². The lowest BCUT2D eigenvalue weighted by Gasteiger charge is -2.35. The van der Waals surface area contributed by atoms with Crippen LogP contribution >= 0.6 is 0 Å². The molecule has 2 saturated heterocycles. The molecule has 0 spiro atoms. The highest BCUT2D eigenvalue weighted by Crippen LogP contribution is 2.27. The smallest absolute Gasteiger partial charge is 0.410 e. The van der Waals surface area contributed by atoms with E-state index < -0.39 is 18.1 Å². The molecule has 2 aliphatic heterocycles. The standard InChI is InChI=1S/C18H24N2O4/c21-17(22)16-15(19-10-5-2-6-11-19)9-12-20(16)18(23)24-13-14-7-3-1-4-8-14/h1,3-4,7-8,15-16H,2,5-6,9-13H2,(H,21,22)/t15-,16+/m1/s1. The Morgan fingerprint density at radius 1 is 1.08 bits per heavy atom. The minimum absolute atomic E-state index is 0.105. The normalized spacial score (nSPS) is 24.8. The van der Waals surface area contributed by atoms with Crippen LogP contribution in [-0.4, -0.2) is 58.7 Å². The summed E-state index contributed by atoms with van der Waals surface area (Å²) in [4.78, 5) is 27.8. The van der Waals surface area contributed by atoms with Gasteiger partial charge < -0.3 is 9.84 Å². The highest BCUT2D eigenvalue weighted by molar-refractivity contribution is 5.81. The van der Waals surface area contributed by atoms with Gasteiger partial charge in [-0.1, -0.05) is 36.8 Å². The maximum Gasteiger partial charge on any atom is 0.410 e. The third-order valence-corrected chi connectivity index (χ3v) is 4.92. The average Bonchev–Trinajstić information content (AvgIpc) is 3.07. The van der Waals surface area contributed by atoms with Crippen LogP contribution in [0.4, 0.5) is 4.79 Å². The largest absolute Gasteiger partial charge is 0.480 e. The summed E-state index contributed by atoms with van der Waals surface area (Å²) in [5.74, 6) is -0.945. The Morgan fingerprint density at radius 3 is 2.46 bits per heavy atom. The summed E-state index contributed by atoms with van der Waals surface area (Å²) in [6.07, 6.45) is 3.55. The molecule has 2 aliphatic rings. The third kappa shape index (κ3) is 3.70. The Labute approximate surface area is 142 Å². The van der Waals surface area contributed by atoms with Crippen LogP contribution in [0.15, 0.2) is 30.3 Å². The van der Waals surface area contributed by atoms with Crippen molar-refractivity contribution in [1.82, 2.24) is 9.80 Å². The molecule has 6 heteroatoms. The summed E-state index contributed by atoms with van der Waals surface area (Å²) < 4.78 is 5.33. The number of carbonyl (C=O) groups excluding carboxylic acids is 1. The summed E-state index contributed by atoms with van der Waals surface area (Å²) in [7, 11) is 0. The van der Waals surface area contributed by atoms with Gasteiger partial charge in [0.25, 0.3) is 0 Å². The lowest BCUT2D eigenvalue weighted by atomic mass is 10.0. The van der Waals surface area contributed by atoms with E-state index in [1.165, 1.54) is 11.3 Å². The lowest BCUT2D eigenvalue weighted by molar-refractivity contribution is -0.143. The fraction of sp³-hybridized carbons (Fsp3) is 0.556. The zero-order valence-electron chi connectivity index (χ0n) is 13.8. The van der Waals surface area contributed by atoms with Crippen LogP contribution in [0.2, 0.25) is 0 Å². The quantitative estimate of drug-likeness (QED) is 0.916. The highest BCUT2D eigenvalue weighted by Gasteiger charge is 2.45. The van der Waals surface area contributed by atoms with E-state index in [1.54, 1.807) is 0 Å². The van der Waals surface area contributed by atoms with E-state index in [0.29, 0.717) is 13.0 Å². The molecule has 2 atom stereocenters. The van der Waals surface area contributed by atoms with Crippen molar-refractivity contribution in [1.29, 1.82) is 0 Å². The molecular weight excluding hydrogens is 308 g/mol. The topological polar surface area (TPSA) is 70.1 Å². The van der Waals surface area contributed by atoms with Crippen LogP contribution in [0.25, 0.3) is 0 Å². The van der Waals surface area contributed by atoms with E-state index in [-0.39, 0.29) is 12.6 Å². The van der Waals surface area contributed by atoms with Crippen LogP contribution in [0.5, 0.6) is 0 Å². The second-order valence-electron chi connectivity index (χ2n) is 6.47. The Bertz CT molecular complexity index is 572. The molecule has 0 saturated carbocycles. The van der Waals surface area contributed by atoms with E-state index in [9.17, 15) is 14.7 Å². The second kappa shape index (κ2) is 7.66. The molecule has 0 unspecified atom stereocenters. The van der Waals surface area contributed by atoms with Crippen molar-refractivity contribution in [2.75, 3.05) is 19.6 Å². The number of likely N-dealkylation sites (tertiary alicyclic amines) is 2. The fourth-order valence-corrected chi connectivity index (χ4v) is 3.71. The summed E-state index contributed by atoms with van der Waals surface area (Å²) in [6.45, 7) is 2.44. The molecule has 0 aliphatic carbocycles. The minimum atomic E-state index is -0.945. The first kappa shape index (κ1) is 16.8. The maximum atomic E-state index is 12.4. The molecule has 3 rings (SSSR count). The molecule has 1 aromatic carbocycles. The number of rotatable bonds is 4. The van der Waals surface area contributed by atoms with Gasteiger partial charge in [-0.25, -0.2) is 9.59 Å². The Hall–Kier alpha value is -2.08. The summed E-state index contributed by atoms with van der Waals surface area (Å²) >= 11 is 0. The van der Waals surface area contributed by atoms with Crippen molar-refractivity contribution >= 4 is 12.1 Å². The van der Waals surface area contributed by atoms with Crippen molar-refractivity contribution in [3.05, 3.63) is 35.9 Å². The lowest BCUT2D eigenvalue weighted by Crippen LogP contribution is -2.52. The zero-order valence-corrected chi connectivity index (χ0v) is 13.8. The molecule has 1 N–H and O–H groups in total. The number of benzene rings is 1. The number of carbonyl (C=O) groups is 2. The first-order valence-electron chi connectivity index (χ1n) is 8.61. The Morgan fingerprint density at radius 2 is 1.79 bits per heavy atom. The SMILES string of the molecule is O=C(O)[C@@H]1[C@H](N2CCCCC2)CCN1C(=O)OCc1ccccc1. The van der Waals surface area contributed by atoms with Gasteiger partial charge in [0.05, 0.1) is 0 Å². The molecule has 0 radical (unpaired) electrons. The minimum Gasteiger partial charge on any atom is -0.480 e. The number of carboxylic acid groups (broad SMARTS) is 1.